The summed E-state index contributed by atoms with van der Waals surface area (Å²) in [7, 11) is -9.48. The van der Waals surface area contributed by atoms with Gasteiger partial charge in [0.1, 0.15) is 10.5 Å². The lowest BCUT2D eigenvalue weighted by Crippen LogP contribution is -2.45. The summed E-state index contributed by atoms with van der Waals surface area (Å²) < 4.78 is 99.8. The number of ether oxygens (including phenoxy) is 1. The van der Waals surface area contributed by atoms with Crippen LogP contribution in [0, 0.1) is 5.92 Å². The lowest BCUT2D eigenvalue weighted by molar-refractivity contribution is -0.140. The third-order valence-electron chi connectivity index (χ3n) is 5.66. The quantitative estimate of drug-likeness (QED) is 0.570. The van der Waals surface area contributed by atoms with Gasteiger partial charge in [0.05, 0.1) is 15.4 Å². The number of likely N-dealkylation sites (tertiary alicyclic amines) is 1. The Labute approximate surface area is 218 Å². The van der Waals surface area contributed by atoms with E-state index in [0.717, 1.165) is 0 Å². The highest BCUT2D eigenvalue weighted by molar-refractivity contribution is 7.92. The van der Waals surface area contributed by atoms with Crippen LogP contribution in [0.4, 0.5) is 18.0 Å². The zero-order valence-electron chi connectivity index (χ0n) is 20.8. The molecule has 208 valence electrons. The smallest absolute Gasteiger partial charge is 0.417 e. The van der Waals surface area contributed by atoms with E-state index in [2.05, 4.69) is 0 Å². The van der Waals surface area contributed by atoms with Gasteiger partial charge in [-0.2, -0.15) is 13.2 Å². The van der Waals surface area contributed by atoms with Gasteiger partial charge in [0, 0.05) is 19.0 Å². The Morgan fingerprint density at radius 3 is 2.03 bits per heavy atom. The van der Waals surface area contributed by atoms with Crippen molar-refractivity contribution in [2.75, 3.05) is 13.1 Å². The Morgan fingerprint density at radius 2 is 1.50 bits per heavy atom. The van der Waals surface area contributed by atoms with Crippen LogP contribution in [0.2, 0.25) is 0 Å². The molecule has 0 spiro atoms. The van der Waals surface area contributed by atoms with E-state index in [4.69, 9.17) is 4.74 Å². The molecule has 0 atom stereocenters. The standard InChI is InChI=1S/C24H27F3N2O7S2/c1-23(2,3)36-22(31)29-13-11-16(12-14-29)21(30)28-38(34,35)20-15-18(9-10-19(20)24(25,26)27)37(32,33)17-7-5-4-6-8-17/h4-10,15-16H,11-14H2,1-3H3,(H,28,30). The topological polar surface area (TPSA) is 127 Å². The number of amides is 2. The van der Waals surface area contributed by atoms with Gasteiger partial charge in [0.15, 0.2) is 0 Å². The van der Waals surface area contributed by atoms with E-state index in [9.17, 15) is 39.6 Å². The van der Waals surface area contributed by atoms with E-state index < -0.39 is 64.9 Å². The summed E-state index contributed by atoms with van der Waals surface area (Å²) in [6, 6.07) is 8.19. The molecule has 0 saturated carbocycles. The van der Waals surface area contributed by atoms with E-state index in [0.29, 0.717) is 18.2 Å². The zero-order valence-corrected chi connectivity index (χ0v) is 22.4. The van der Waals surface area contributed by atoms with Crippen molar-refractivity contribution in [2.24, 2.45) is 5.92 Å². The van der Waals surface area contributed by atoms with Crippen molar-refractivity contribution < 1.29 is 44.3 Å². The van der Waals surface area contributed by atoms with Gasteiger partial charge in [0.2, 0.25) is 15.7 Å². The monoisotopic (exact) mass is 576 g/mol. The number of rotatable bonds is 5. The maximum absolute atomic E-state index is 13.7. The molecule has 2 aromatic carbocycles. The number of nitrogens with one attached hydrogen (secondary N) is 1. The SMILES string of the molecule is CC(C)(C)OC(=O)N1CCC(C(=O)NS(=O)(=O)c2cc(S(=O)(=O)c3ccccc3)ccc2C(F)(F)F)CC1. The van der Waals surface area contributed by atoms with E-state index in [-0.39, 0.29) is 30.8 Å². The molecule has 2 amide bonds. The number of carbonyl (C=O) groups excluding carboxylic acids is 2. The molecule has 1 aliphatic rings. The lowest BCUT2D eigenvalue weighted by Gasteiger charge is -2.32. The highest BCUT2D eigenvalue weighted by atomic mass is 32.2. The molecule has 0 aromatic heterocycles. The van der Waals surface area contributed by atoms with Crippen LogP contribution in [0.5, 0.6) is 0 Å². The molecule has 3 rings (SSSR count). The molecule has 14 heteroatoms. The van der Waals surface area contributed by atoms with Crippen LogP contribution in [-0.2, 0) is 35.6 Å². The van der Waals surface area contributed by atoms with Gasteiger partial charge in [-0.15, -0.1) is 0 Å². The number of halogens is 3. The molecular formula is C24H27F3N2O7S2. The van der Waals surface area contributed by atoms with Crippen LogP contribution in [0.25, 0.3) is 0 Å². The van der Waals surface area contributed by atoms with Crippen molar-refractivity contribution in [3.05, 3.63) is 54.1 Å². The summed E-state index contributed by atoms with van der Waals surface area (Å²) in [6.07, 6.45) is -5.65. The fourth-order valence-electron chi connectivity index (χ4n) is 3.78. The molecular weight excluding hydrogens is 549 g/mol. The average molecular weight is 577 g/mol. The number of hydrogen-bond donors (Lipinski definition) is 1. The van der Waals surface area contributed by atoms with Gasteiger partial charge in [-0.05, 0) is 63.9 Å². The molecule has 1 N–H and O–H groups in total. The molecule has 0 bridgehead atoms. The molecule has 0 radical (unpaired) electrons. The van der Waals surface area contributed by atoms with Crippen LogP contribution in [0.15, 0.2) is 63.2 Å². The Kier molecular flexibility index (Phi) is 8.18. The van der Waals surface area contributed by atoms with Gasteiger partial charge >= 0.3 is 12.3 Å². The zero-order chi connectivity index (χ0) is 28.5. The van der Waals surface area contributed by atoms with Crippen LogP contribution < -0.4 is 4.72 Å². The predicted molar refractivity (Wildman–Crippen MR) is 129 cm³/mol. The first kappa shape index (κ1) is 29.4. The van der Waals surface area contributed by atoms with E-state index >= 15 is 0 Å². The molecule has 1 heterocycles. The minimum atomic E-state index is -5.15. The first-order chi connectivity index (χ1) is 17.4. The average Bonchev–Trinajstić information content (AvgIpc) is 2.82. The number of benzene rings is 2. The van der Waals surface area contributed by atoms with Crippen LogP contribution in [0.3, 0.4) is 0 Å². The summed E-state index contributed by atoms with van der Waals surface area (Å²) >= 11 is 0. The highest BCUT2D eigenvalue weighted by Gasteiger charge is 2.40. The number of sulfone groups is 1. The summed E-state index contributed by atoms with van der Waals surface area (Å²) in [5.41, 5.74) is -2.36. The summed E-state index contributed by atoms with van der Waals surface area (Å²) in [5, 5.41) is 0. The third-order valence-corrected chi connectivity index (χ3v) is 8.82. The first-order valence-corrected chi connectivity index (χ1v) is 14.4. The van der Waals surface area contributed by atoms with E-state index in [1.807, 2.05) is 0 Å². The van der Waals surface area contributed by atoms with Crippen molar-refractivity contribution in [3.8, 4) is 0 Å². The molecule has 2 aromatic rings. The molecule has 0 unspecified atom stereocenters. The number of carbonyl (C=O) groups is 2. The predicted octanol–water partition coefficient (Wildman–Crippen LogP) is 3.99. The van der Waals surface area contributed by atoms with Gasteiger partial charge in [-0.25, -0.2) is 26.4 Å². The highest BCUT2D eigenvalue weighted by Crippen LogP contribution is 2.36. The minimum absolute atomic E-state index is 0.0507. The largest absolute Gasteiger partial charge is 0.444 e. The Bertz CT molecular complexity index is 1410. The second-order valence-electron chi connectivity index (χ2n) is 9.68. The number of alkyl halides is 3. The molecule has 9 nitrogen and oxygen atoms in total. The van der Waals surface area contributed by atoms with Crippen LogP contribution in [-0.4, -0.2) is 52.4 Å². The molecule has 1 saturated heterocycles. The maximum Gasteiger partial charge on any atom is 0.417 e. The van der Waals surface area contributed by atoms with E-state index in [1.165, 1.54) is 35.2 Å². The van der Waals surface area contributed by atoms with E-state index in [1.54, 1.807) is 25.5 Å². The Balaban J connectivity index is 1.85. The summed E-state index contributed by atoms with van der Waals surface area (Å²) in [4.78, 5) is 24.0. The summed E-state index contributed by atoms with van der Waals surface area (Å²) in [5.74, 6) is -1.97. The third kappa shape index (κ3) is 6.84. The van der Waals surface area contributed by atoms with Crippen LogP contribution >= 0.6 is 0 Å². The fraction of sp³-hybridized carbons (Fsp3) is 0.417. The number of nitrogens with zero attached hydrogens (tertiary/aromatic N) is 1. The fourth-order valence-corrected chi connectivity index (χ4v) is 6.46. The lowest BCUT2D eigenvalue weighted by atomic mass is 9.97. The van der Waals surface area contributed by atoms with Gasteiger partial charge in [0.25, 0.3) is 10.0 Å². The second-order valence-corrected chi connectivity index (χ2v) is 13.3. The van der Waals surface area contributed by atoms with Gasteiger partial charge in [-0.1, -0.05) is 18.2 Å². The normalized spacial score (nSPS) is 15.7. The minimum Gasteiger partial charge on any atom is -0.444 e. The number of hydrogen-bond acceptors (Lipinski definition) is 7. The van der Waals surface area contributed by atoms with Crippen molar-refractivity contribution >= 4 is 31.9 Å². The van der Waals surface area contributed by atoms with Gasteiger partial charge in [-0.3, -0.25) is 4.79 Å². The van der Waals surface area contributed by atoms with Crippen molar-refractivity contribution in [2.45, 2.75) is 60.1 Å². The molecule has 38 heavy (non-hydrogen) atoms. The number of piperidine rings is 1. The molecule has 1 aliphatic heterocycles. The van der Waals surface area contributed by atoms with Crippen molar-refractivity contribution in [1.82, 2.24) is 9.62 Å². The Morgan fingerprint density at radius 1 is 0.921 bits per heavy atom. The second kappa shape index (κ2) is 10.6. The van der Waals surface area contributed by atoms with Gasteiger partial charge < -0.3 is 9.64 Å². The van der Waals surface area contributed by atoms with Crippen molar-refractivity contribution in [1.29, 1.82) is 0 Å². The first-order valence-electron chi connectivity index (χ1n) is 11.5. The maximum atomic E-state index is 13.7. The van der Waals surface area contributed by atoms with Crippen molar-refractivity contribution in [3.63, 3.8) is 0 Å². The molecule has 1 fully saturated rings. The Hall–Kier alpha value is -3.13. The number of sulfonamides is 1. The summed E-state index contributed by atoms with van der Waals surface area (Å²) in [6.45, 7) is 5.21. The molecule has 0 aliphatic carbocycles. The van der Waals surface area contributed by atoms with Crippen LogP contribution in [0.1, 0.15) is 39.2 Å².